The molecule has 0 saturated carbocycles. The van der Waals surface area contributed by atoms with Gasteiger partial charge < -0.3 is 4.74 Å². The molecule has 3 rings (SSSR count). The van der Waals surface area contributed by atoms with Gasteiger partial charge in [0.05, 0.1) is 5.52 Å². The number of hydrogen-bond donors (Lipinski definition) is 0. The fourth-order valence-electron chi connectivity index (χ4n) is 2.06. The van der Waals surface area contributed by atoms with E-state index in [4.69, 9.17) is 4.74 Å². The second kappa shape index (κ2) is 5.86. The van der Waals surface area contributed by atoms with Gasteiger partial charge in [0.25, 0.3) is 0 Å². The van der Waals surface area contributed by atoms with E-state index in [1.54, 1.807) is 17.8 Å². The molecule has 1 heterocycles. The van der Waals surface area contributed by atoms with Crippen LogP contribution in [0.3, 0.4) is 0 Å². The Balaban J connectivity index is 2.09. The second-order valence-electron chi connectivity index (χ2n) is 4.40. The van der Waals surface area contributed by atoms with Crippen molar-refractivity contribution in [2.75, 3.05) is 6.26 Å². The van der Waals surface area contributed by atoms with E-state index in [1.807, 2.05) is 54.8 Å². The highest BCUT2D eigenvalue weighted by Gasteiger charge is 2.11. The van der Waals surface area contributed by atoms with Gasteiger partial charge in [0.1, 0.15) is 17.4 Å². The number of nitriles is 1. The van der Waals surface area contributed by atoms with Crippen molar-refractivity contribution in [3.8, 4) is 17.7 Å². The number of ether oxygens (including phenoxy) is 1. The molecule has 0 N–H and O–H groups in total. The standard InChI is InChI=1S/C17H12N2OS/c1-21-16-9-5-4-8-15(16)20-17-13(11-18)10-12-6-2-3-7-14(12)19-17/h2-10H,1H3. The molecule has 21 heavy (non-hydrogen) atoms. The van der Waals surface area contributed by atoms with Crippen molar-refractivity contribution in [1.82, 2.24) is 4.98 Å². The number of nitrogens with zero attached hydrogens (tertiary/aromatic N) is 2. The third-order valence-corrected chi connectivity index (χ3v) is 3.86. The molecule has 0 fully saturated rings. The Hall–Kier alpha value is -2.51. The Labute approximate surface area is 127 Å². The van der Waals surface area contributed by atoms with Crippen LogP contribution >= 0.6 is 11.8 Å². The van der Waals surface area contributed by atoms with E-state index < -0.39 is 0 Å². The zero-order chi connectivity index (χ0) is 14.7. The topological polar surface area (TPSA) is 45.9 Å². The van der Waals surface area contributed by atoms with Gasteiger partial charge >= 0.3 is 0 Å². The van der Waals surface area contributed by atoms with E-state index >= 15 is 0 Å². The SMILES string of the molecule is CSc1ccccc1Oc1nc2ccccc2cc1C#N. The maximum absolute atomic E-state index is 9.31. The summed E-state index contributed by atoms with van der Waals surface area (Å²) in [5, 5.41) is 10.2. The lowest BCUT2D eigenvalue weighted by molar-refractivity contribution is 0.453. The van der Waals surface area contributed by atoms with Gasteiger partial charge in [-0.2, -0.15) is 5.26 Å². The van der Waals surface area contributed by atoms with Crippen molar-refractivity contribution in [2.45, 2.75) is 4.90 Å². The molecule has 0 spiro atoms. The quantitative estimate of drug-likeness (QED) is 0.661. The summed E-state index contributed by atoms with van der Waals surface area (Å²) in [6, 6.07) is 19.4. The summed E-state index contributed by atoms with van der Waals surface area (Å²) >= 11 is 1.60. The molecule has 3 nitrogen and oxygen atoms in total. The highest BCUT2D eigenvalue weighted by Crippen LogP contribution is 2.32. The molecule has 0 amide bonds. The highest BCUT2D eigenvalue weighted by molar-refractivity contribution is 7.98. The molecule has 2 aromatic carbocycles. The molecule has 0 atom stereocenters. The predicted octanol–water partition coefficient (Wildman–Crippen LogP) is 4.62. The number of thioether (sulfide) groups is 1. The van der Waals surface area contributed by atoms with E-state index in [-0.39, 0.29) is 0 Å². The predicted molar refractivity (Wildman–Crippen MR) is 84.8 cm³/mol. The lowest BCUT2D eigenvalue weighted by atomic mass is 10.1. The molecule has 4 heteroatoms. The average molecular weight is 292 g/mol. The molecular formula is C17H12N2OS. The minimum absolute atomic E-state index is 0.345. The number of aromatic nitrogens is 1. The zero-order valence-electron chi connectivity index (χ0n) is 11.4. The van der Waals surface area contributed by atoms with Crippen LogP contribution in [0, 0.1) is 11.3 Å². The van der Waals surface area contributed by atoms with Crippen LogP contribution in [0.15, 0.2) is 59.5 Å². The minimum Gasteiger partial charge on any atom is -0.436 e. The third-order valence-electron chi connectivity index (χ3n) is 3.09. The summed E-state index contributed by atoms with van der Waals surface area (Å²) in [5.41, 5.74) is 1.25. The van der Waals surface area contributed by atoms with Crippen LogP contribution in [0.2, 0.25) is 0 Å². The normalized spacial score (nSPS) is 10.3. The fourth-order valence-corrected chi connectivity index (χ4v) is 2.59. The number of pyridine rings is 1. The second-order valence-corrected chi connectivity index (χ2v) is 5.25. The largest absolute Gasteiger partial charge is 0.436 e. The van der Waals surface area contributed by atoms with Crippen molar-refractivity contribution < 1.29 is 4.74 Å². The Morgan fingerprint density at radius 2 is 1.86 bits per heavy atom. The van der Waals surface area contributed by atoms with E-state index in [2.05, 4.69) is 11.1 Å². The van der Waals surface area contributed by atoms with Crippen molar-refractivity contribution in [2.24, 2.45) is 0 Å². The molecule has 0 bridgehead atoms. The van der Waals surface area contributed by atoms with Crippen molar-refractivity contribution in [1.29, 1.82) is 5.26 Å². The summed E-state index contributed by atoms with van der Waals surface area (Å²) in [5.74, 6) is 1.06. The summed E-state index contributed by atoms with van der Waals surface area (Å²) in [7, 11) is 0. The van der Waals surface area contributed by atoms with Gasteiger partial charge in [-0.15, -0.1) is 11.8 Å². The van der Waals surface area contributed by atoms with E-state index in [0.717, 1.165) is 15.8 Å². The fraction of sp³-hybridized carbons (Fsp3) is 0.0588. The van der Waals surface area contributed by atoms with Crippen molar-refractivity contribution in [3.63, 3.8) is 0 Å². The minimum atomic E-state index is 0.345. The number of rotatable bonds is 3. The smallest absolute Gasteiger partial charge is 0.237 e. The molecule has 3 aromatic rings. The molecule has 0 aliphatic rings. The third kappa shape index (κ3) is 2.69. The van der Waals surface area contributed by atoms with Crippen LogP contribution < -0.4 is 4.74 Å². The van der Waals surface area contributed by atoms with Gasteiger partial charge in [0.15, 0.2) is 0 Å². The number of hydrogen-bond acceptors (Lipinski definition) is 4. The highest BCUT2D eigenvalue weighted by atomic mass is 32.2. The maximum atomic E-state index is 9.31. The first-order chi connectivity index (χ1) is 10.3. The van der Waals surface area contributed by atoms with Crippen LogP contribution in [-0.2, 0) is 0 Å². The lowest BCUT2D eigenvalue weighted by Crippen LogP contribution is -1.94. The summed E-state index contributed by atoms with van der Waals surface area (Å²) in [6.45, 7) is 0. The Morgan fingerprint density at radius 3 is 2.67 bits per heavy atom. The van der Waals surface area contributed by atoms with E-state index in [1.165, 1.54) is 0 Å². The monoisotopic (exact) mass is 292 g/mol. The first kappa shape index (κ1) is 13.5. The Morgan fingerprint density at radius 1 is 1.10 bits per heavy atom. The van der Waals surface area contributed by atoms with Crippen LogP contribution in [-0.4, -0.2) is 11.2 Å². The van der Waals surface area contributed by atoms with Gasteiger partial charge in [-0.1, -0.05) is 30.3 Å². The molecule has 0 unspecified atom stereocenters. The number of fused-ring (bicyclic) bond motifs is 1. The van der Waals surface area contributed by atoms with Crippen molar-refractivity contribution in [3.05, 3.63) is 60.2 Å². The lowest BCUT2D eigenvalue weighted by Gasteiger charge is -2.10. The van der Waals surface area contributed by atoms with E-state index in [0.29, 0.717) is 17.2 Å². The Kier molecular flexibility index (Phi) is 3.76. The number of para-hydroxylation sites is 2. The van der Waals surface area contributed by atoms with Crippen LogP contribution in [0.4, 0.5) is 0 Å². The molecule has 102 valence electrons. The molecule has 0 radical (unpaired) electrons. The van der Waals surface area contributed by atoms with Gasteiger partial charge in [-0.05, 0) is 30.5 Å². The van der Waals surface area contributed by atoms with Crippen LogP contribution in [0.1, 0.15) is 5.56 Å². The summed E-state index contributed by atoms with van der Waals surface area (Å²) in [6.07, 6.45) is 1.99. The molecule has 0 saturated heterocycles. The van der Waals surface area contributed by atoms with Gasteiger partial charge in [0.2, 0.25) is 5.88 Å². The molecule has 0 aliphatic heterocycles. The average Bonchev–Trinajstić information content (AvgIpc) is 2.54. The molecule has 1 aromatic heterocycles. The zero-order valence-corrected chi connectivity index (χ0v) is 12.2. The van der Waals surface area contributed by atoms with Gasteiger partial charge in [0, 0.05) is 10.3 Å². The molecular weight excluding hydrogens is 280 g/mol. The summed E-state index contributed by atoms with van der Waals surface area (Å²) < 4.78 is 5.88. The first-order valence-corrected chi connectivity index (χ1v) is 7.65. The van der Waals surface area contributed by atoms with E-state index in [9.17, 15) is 5.26 Å². The number of benzene rings is 2. The van der Waals surface area contributed by atoms with Crippen LogP contribution in [0.5, 0.6) is 11.6 Å². The summed E-state index contributed by atoms with van der Waals surface area (Å²) in [4.78, 5) is 5.47. The van der Waals surface area contributed by atoms with Crippen LogP contribution in [0.25, 0.3) is 10.9 Å². The first-order valence-electron chi connectivity index (χ1n) is 6.42. The molecule has 0 aliphatic carbocycles. The van der Waals surface area contributed by atoms with Gasteiger partial charge in [-0.3, -0.25) is 0 Å². The Bertz CT molecular complexity index is 840. The van der Waals surface area contributed by atoms with Gasteiger partial charge in [-0.25, -0.2) is 4.98 Å². The maximum Gasteiger partial charge on any atom is 0.237 e. The van der Waals surface area contributed by atoms with Crippen molar-refractivity contribution >= 4 is 22.7 Å².